The molecule has 7 heteroatoms. The number of carbonyl (C=O) groups is 1. The van der Waals surface area contributed by atoms with Crippen LogP contribution in [0, 0.1) is 0 Å². The second kappa shape index (κ2) is 6.42. The molecule has 106 valence electrons. The Morgan fingerprint density at radius 3 is 2.63 bits per heavy atom. The van der Waals surface area contributed by atoms with E-state index >= 15 is 0 Å². The molecule has 0 fully saturated rings. The lowest BCUT2D eigenvalue weighted by Gasteiger charge is -2.08. The summed E-state index contributed by atoms with van der Waals surface area (Å²) < 4.78 is 32.3. The number of rotatable bonds is 6. The van der Waals surface area contributed by atoms with Crippen LogP contribution < -0.4 is 10.5 Å². The van der Waals surface area contributed by atoms with Gasteiger partial charge < -0.3 is 15.2 Å². The molecule has 0 aromatic heterocycles. The normalized spacial score (nSPS) is 11.1. The zero-order chi connectivity index (χ0) is 14.5. The molecule has 6 nitrogen and oxygen atoms in total. The summed E-state index contributed by atoms with van der Waals surface area (Å²) in [6, 6.07) is 4.47. The Labute approximate surface area is 112 Å². The molecule has 1 rings (SSSR count). The van der Waals surface area contributed by atoms with E-state index in [1.54, 1.807) is 6.92 Å². The molecule has 2 N–H and O–H groups in total. The maximum atomic E-state index is 11.7. The van der Waals surface area contributed by atoms with Gasteiger partial charge in [-0.15, -0.1) is 0 Å². The summed E-state index contributed by atoms with van der Waals surface area (Å²) in [7, 11) is -1.70. The Kier molecular flexibility index (Phi) is 5.17. The number of hydrogen-bond donors (Lipinski definition) is 1. The van der Waals surface area contributed by atoms with Gasteiger partial charge in [0.25, 0.3) is 0 Å². The standard InChI is InChI=1S/C12H17NO5S/c1-3-19(15,16)7-6-18-12(14)9-4-5-10(13)11(8-9)17-2/h4-5,8H,3,6-7,13H2,1-2H3. The second-order valence-corrected chi connectivity index (χ2v) is 6.30. The zero-order valence-electron chi connectivity index (χ0n) is 10.9. The lowest BCUT2D eigenvalue weighted by atomic mass is 10.2. The lowest BCUT2D eigenvalue weighted by molar-refractivity contribution is 0.0529. The van der Waals surface area contributed by atoms with Gasteiger partial charge in [0.2, 0.25) is 0 Å². The van der Waals surface area contributed by atoms with Crippen LogP contribution in [0.25, 0.3) is 0 Å². The molecule has 0 amide bonds. The van der Waals surface area contributed by atoms with Crippen LogP contribution in [0.5, 0.6) is 5.75 Å². The molecule has 0 aliphatic carbocycles. The molecule has 0 bridgehead atoms. The van der Waals surface area contributed by atoms with Crippen LogP contribution in [0.15, 0.2) is 18.2 Å². The van der Waals surface area contributed by atoms with Crippen molar-refractivity contribution in [2.75, 3.05) is 31.0 Å². The lowest BCUT2D eigenvalue weighted by Crippen LogP contribution is -2.17. The SMILES string of the molecule is CCS(=O)(=O)CCOC(=O)c1ccc(N)c(OC)c1. The molecule has 0 atom stereocenters. The van der Waals surface area contributed by atoms with E-state index in [1.165, 1.54) is 25.3 Å². The zero-order valence-corrected chi connectivity index (χ0v) is 11.7. The molecule has 0 radical (unpaired) electrons. The van der Waals surface area contributed by atoms with Crippen molar-refractivity contribution >= 4 is 21.5 Å². The average Bonchev–Trinajstić information content (AvgIpc) is 2.39. The first-order chi connectivity index (χ1) is 8.89. The number of hydrogen-bond acceptors (Lipinski definition) is 6. The summed E-state index contributed by atoms with van der Waals surface area (Å²) in [5, 5.41) is 0. The van der Waals surface area contributed by atoms with Gasteiger partial charge in [0.05, 0.1) is 24.1 Å². The number of nitrogen functional groups attached to an aromatic ring is 1. The number of carbonyl (C=O) groups excluding carboxylic acids is 1. The predicted octanol–water partition coefficient (Wildman–Crippen LogP) is 0.869. The summed E-state index contributed by atoms with van der Waals surface area (Å²) in [6.07, 6.45) is 0. The van der Waals surface area contributed by atoms with Crippen molar-refractivity contribution in [2.24, 2.45) is 0 Å². The van der Waals surface area contributed by atoms with Crippen molar-refractivity contribution in [1.82, 2.24) is 0 Å². The molecule has 0 spiro atoms. The third kappa shape index (κ3) is 4.44. The predicted molar refractivity (Wildman–Crippen MR) is 72.0 cm³/mol. The van der Waals surface area contributed by atoms with E-state index in [0.29, 0.717) is 11.4 Å². The van der Waals surface area contributed by atoms with Crippen molar-refractivity contribution in [2.45, 2.75) is 6.92 Å². The van der Waals surface area contributed by atoms with Gasteiger partial charge >= 0.3 is 5.97 Å². The van der Waals surface area contributed by atoms with E-state index < -0.39 is 15.8 Å². The fourth-order valence-electron chi connectivity index (χ4n) is 1.33. The van der Waals surface area contributed by atoms with Crippen LogP contribution in [0.2, 0.25) is 0 Å². The fraction of sp³-hybridized carbons (Fsp3) is 0.417. The minimum absolute atomic E-state index is 0.0280. The van der Waals surface area contributed by atoms with Crippen LogP contribution >= 0.6 is 0 Å². The molecule has 0 aliphatic heterocycles. The molecule has 1 aromatic carbocycles. The maximum absolute atomic E-state index is 11.7. The summed E-state index contributed by atoms with van der Waals surface area (Å²) >= 11 is 0. The summed E-state index contributed by atoms with van der Waals surface area (Å²) in [4.78, 5) is 11.7. The van der Waals surface area contributed by atoms with Crippen molar-refractivity contribution in [1.29, 1.82) is 0 Å². The van der Waals surface area contributed by atoms with Gasteiger partial charge in [0, 0.05) is 5.75 Å². The molecule has 0 aliphatic rings. The molecule has 1 aromatic rings. The van der Waals surface area contributed by atoms with Crippen LogP contribution in [0.1, 0.15) is 17.3 Å². The highest BCUT2D eigenvalue weighted by molar-refractivity contribution is 7.91. The minimum Gasteiger partial charge on any atom is -0.495 e. The fourth-order valence-corrected chi connectivity index (χ4v) is 1.95. The van der Waals surface area contributed by atoms with Crippen LogP contribution in [-0.2, 0) is 14.6 Å². The van der Waals surface area contributed by atoms with E-state index in [9.17, 15) is 13.2 Å². The number of benzene rings is 1. The molecule has 0 saturated carbocycles. The van der Waals surface area contributed by atoms with Crippen LogP contribution in [-0.4, -0.2) is 39.6 Å². The van der Waals surface area contributed by atoms with Gasteiger partial charge in [0.15, 0.2) is 9.84 Å². The van der Waals surface area contributed by atoms with Gasteiger partial charge in [-0.2, -0.15) is 0 Å². The van der Waals surface area contributed by atoms with E-state index in [4.69, 9.17) is 15.2 Å². The van der Waals surface area contributed by atoms with Gasteiger partial charge in [-0.1, -0.05) is 6.92 Å². The average molecular weight is 287 g/mol. The monoisotopic (exact) mass is 287 g/mol. The van der Waals surface area contributed by atoms with Gasteiger partial charge in [0.1, 0.15) is 12.4 Å². The smallest absolute Gasteiger partial charge is 0.338 e. The van der Waals surface area contributed by atoms with Crippen LogP contribution in [0.4, 0.5) is 5.69 Å². The van der Waals surface area contributed by atoms with Gasteiger partial charge in [-0.05, 0) is 18.2 Å². The third-order valence-corrected chi connectivity index (χ3v) is 4.20. The quantitative estimate of drug-likeness (QED) is 0.616. The van der Waals surface area contributed by atoms with E-state index in [1.807, 2.05) is 0 Å². The van der Waals surface area contributed by atoms with Crippen molar-refractivity contribution < 1.29 is 22.7 Å². The molecular weight excluding hydrogens is 270 g/mol. The number of nitrogens with two attached hydrogens (primary N) is 1. The maximum Gasteiger partial charge on any atom is 0.338 e. The highest BCUT2D eigenvalue weighted by atomic mass is 32.2. The number of esters is 1. The third-order valence-electron chi connectivity index (χ3n) is 2.54. The van der Waals surface area contributed by atoms with Gasteiger partial charge in [-0.3, -0.25) is 0 Å². The Morgan fingerprint density at radius 1 is 1.37 bits per heavy atom. The van der Waals surface area contributed by atoms with Crippen molar-refractivity contribution in [3.8, 4) is 5.75 Å². The highest BCUT2D eigenvalue weighted by Gasteiger charge is 2.13. The Balaban J connectivity index is 2.64. The number of anilines is 1. The molecule has 19 heavy (non-hydrogen) atoms. The van der Waals surface area contributed by atoms with Crippen molar-refractivity contribution in [3.63, 3.8) is 0 Å². The summed E-state index contributed by atoms with van der Waals surface area (Å²) in [5.41, 5.74) is 6.29. The van der Waals surface area contributed by atoms with Gasteiger partial charge in [-0.25, -0.2) is 13.2 Å². The largest absolute Gasteiger partial charge is 0.495 e. The van der Waals surface area contributed by atoms with E-state index in [2.05, 4.69) is 0 Å². The summed E-state index contributed by atoms with van der Waals surface area (Å²) in [5.74, 6) is -0.387. The molecule has 0 unspecified atom stereocenters. The Hall–Kier alpha value is -1.76. The van der Waals surface area contributed by atoms with E-state index in [0.717, 1.165) is 0 Å². The Bertz CT molecular complexity index is 553. The Morgan fingerprint density at radius 2 is 2.05 bits per heavy atom. The molecular formula is C12H17NO5S. The minimum atomic E-state index is -3.14. The number of sulfone groups is 1. The first kappa shape index (κ1) is 15.3. The molecule has 0 heterocycles. The highest BCUT2D eigenvalue weighted by Crippen LogP contribution is 2.22. The first-order valence-corrected chi connectivity index (χ1v) is 7.53. The van der Waals surface area contributed by atoms with E-state index in [-0.39, 0.29) is 23.7 Å². The first-order valence-electron chi connectivity index (χ1n) is 5.70. The van der Waals surface area contributed by atoms with Crippen LogP contribution in [0.3, 0.4) is 0 Å². The van der Waals surface area contributed by atoms with Crippen molar-refractivity contribution in [3.05, 3.63) is 23.8 Å². The number of methoxy groups -OCH3 is 1. The number of ether oxygens (including phenoxy) is 2. The molecule has 0 saturated heterocycles. The topological polar surface area (TPSA) is 95.7 Å². The summed E-state index contributed by atoms with van der Waals surface area (Å²) in [6.45, 7) is 1.38. The second-order valence-electron chi connectivity index (χ2n) is 3.83.